The van der Waals surface area contributed by atoms with E-state index < -0.39 is 132 Å². The predicted molar refractivity (Wildman–Crippen MR) is 328 cm³/mol. The van der Waals surface area contributed by atoms with Crippen molar-refractivity contribution < 1.29 is 63.0 Å². The second kappa shape index (κ2) is 39.4. The van der Waals surface area contributed by atoms with Gasteiger partial charge in [-0.15, -0.1) is 0 Å². The first-order valence-electron chi connectivity index (χ1n) is 30.7. The van der Waals surface area contributed by atoms with Crippen LogP contribution in [0.3, 0.4) is 0 Å². The van der Waals surface area contributed by atoms with Crippen LogP contribution in [0.15, 0.2) is 35.3 Å². The lowest BCUT2D eigenvalue weighted by molar-refractivity contribution is -0.149. The lowest BCUT2D eigenvalue weighted by Gasteiger charge is -2.35. The molecule has 0 spiro atoms. The summed E-state index contributed by atoms with van der Waals surface area (Å²) in [7, 11) is 1.29. The van der Waals surface area contributed by atoms with Crippen molar-refractivity contribution in [2.24, 2.45) is 45.7 Å². The second-order valence-corrected chi connectivity index (χ2v) is 23.7. The lowest BCUT2D eigenvalue weighted by atomic mass is 9.97. The van der Waals surface area contributed by atoms with Gasteiger partial charge in [0, 0.05) is 39.4 Å². The topological polar surface area (TPSA) is 435 Å². The van der Waals surface area contributed by atoms with Crippen molar-refractivity contribution in [2.45, 2.75) is 225 Å². The Labute approximate surface area is 512 Å². The Morgan fingerprint density at radius 3 is 1.77 bits per heavy atom. The van der Waals surface area contributed by atoms with E-state index in [0.29, 0.717) is 31.2 Å². The number of hydrogen-bond acceptors (Lipinski definition) is 14. The van der Waals surface area contributed by atoms with Crippen LogP contribution in [0.2, 0.25) is 0 Å². The zero-order valence-corrected chi connectivity index (χ0v) is 52.6. The number of aliphatic hydroxyl groups is 1. The van der Waals surface area contributed by atoms with Gasteiger partial charge in [0.05, 0.1) is 12.5 Å². The number of nitrogens with one attached hydrogen (secondary N) is 7. The lowest BCUT2D eigenvalue weighted by Crippen LogP contribution is -2.61. The van der Waals surface area contributed by atoms with E-state index in [9.17, 15) is 63.0 Å². The molecule has 1 aromatic rings. The minimum Gasteiger partial charge on any atom is -0.481 e. The maximum absolute atomic E-state index is 14.9. The summed E-state index contributed by atoms with van der Waals surface area (Å²) in [5.74, 6) is -10.3. The summed E-state index contributed by atoms with van der Waals surface area (Å²) in [6.45, 7) is 14.2. The van der Waals surface area contributed by atoms with Crippen molar-refractivity contribution in [3.63, 3.8) is 0 Å². The number of carboxylic acid groups (broad SMARTS) is 1. The summed E-state index contributed by atoms with van der Waals surface area (Å²) < 4.78 is 0. The molecule has 1 aliphatic rings. The first kappa shape index (κ1) is 75.7. The summed E-state index contributed by atoms with van der Waals surface area (Å²) in [5.41, 5.74) is 23.0. The fraction of sp³-hybridized carbons (Fsp3) is 0.700. The Morgan fingerprint density at radius 2 is 1.21 bits per heavy atom. The number of β-amino-alcohol motifs (C(OH)–C–C–N with tert-alkyl or cyclic N) is 1. The molecule has 2 rings (SSSR count). The molecule has 0 radical (unpaired) electrons. The van der Waals surface area contributed by atoms with E-state index in [1.807, 2.05) is 0 Å². The van der Waals surface area contributed by atoms with E-state index >= 15 is 0 Å². The second-order valence-electron chi connectivity index (χ2n) is 23.7. The van der Waals surface area contributed by atoms with Gasteiger partial charge in [0.25, 0.3) is 0 Å². The number of likely N-dealkylation sites (tertiary alicyclic amines) is 1. The third kappa shape index (κ3) is 27.4. The molecule has 1 aromatic carbocycles. The minimum absolute atomic E-state index is 0.0191. The Morgan fingerprint density at radius 1 is 0.655 bits per heavy atom. The Balaban J connectivity index is 2.48. The zero-order chi connectivity index (χ0) is 65.5. The summed E-state index contributed by atoms with van der Waals surface area (Å²) in [6.07, 6.45) is 3.85. The van der Waals surface area contributed by atoms with Crippen molar-refractivity contribution in [2.75, 3.05) is 26.7 Å². The number of amides is 10. The highest BCUT2D eigenvalue weighted by molar-refractivity contribution is 5.99. The van der Waals surface area contributed by atoms with Crippen LogP contribution >= 0.6 is 0 Å². The number of rotatable bonds is 41. The number of primary amides is 1. The molecule has 10 amide bonds. The smallest absolute Gasteiger partial charge is 0.305 e. The fourth-order valence-electron chi connectivity index (χ4n) is 10.1. The van der Waals surface area contributed by atoms with Gasteiger partial charge >= 0.3 is 5.97 Å². The number of carbonyl (C=O) groups is 11. The molecule has 1 heterocycles. The summed E-state index contributed by atoms with van der Waals surface area (Å²) in [4.78, 5) is 158. The highest BCUT2D eigenvalue weighted by Gasteiger charge is 2.45. The van der Waals surface area contributed by atoms with Crippen molar-refractivity contribution in [1.29, 1.82) is 0 Å². The predicted octanol–water partition coefficient (Wildman–Crippen LogP) is 0.0728. The van der Waals surface area contributed by atoms with Crippen LogP contribution in [0.1, 0.15) is 164 Å². The number of nitrogens with zero attached hydrogens (tertiary/aromatic N) is 3. The van der Waals surface area contributed by atoms with Gasteiger partial charge in [0.1, 0.15) is 54.4 Å². The van der Waals surface area contributed by atoms with Crippen LogP contribution in [-0.2, 0) is 59.2 Å². The molecule has 1 saturated heterocycles. The number of hydrogen-bond donors (Lipinski definition) is 13. The van der Waals surface area contributed by atoms with Crippen LogP contribution in [0, 0.1) is 17.8 Å². The molecule has 0 saturated carbocycles. The Bertz CT molecular complexity index is 2440. The number of carbonyl (C=O) groups excluding carboxylic acids is 10. The van der Waals surface area contributed by atoms with Crippen LogP contribution < -0.4 is 60.2 Å². The molecule has 27 nitrogen and oxygen atoms in total. The maximum atomic E-state index is 14.9. The number of aliphatic imine (C=N–C) groups is 1. The quantitative estimate of drug-likeness (QED) is 0.0234. The molecule has 17 N–H and O–H groups in total. The van der Waals surface area contributed by atoms with Crippen LogP contribution in [-0.4, -0.2) is 178 Å². The average molecular weight is 1230 g/mol. The highest BCUT2D eigenvalue weighted by Crippen LogP contribution is 2.25. The number of carboxylic acids is 1. The summed E-state index contributed by atoms with van der Waals surface area (Å²) >= 11 is 0. The normalized spacial score (nSPS) is 17.0. The van der Waals surface area contributed by atoms with Gasteiger partial charge in [-0.2, -0.15) is 0 Å². The van der Waals surface area contributed by atoms with Gasteiger partial charge in [-0.3, -0.25) is 57.7 Å². The van der Waals surface area contributed by atoms with Gasteiger partial charge < -0.3 is 80.2 Å². The van der Waals surface area contributed by atoms with E-state index in [1.54, 1.807) is 71.9 Å². The zero-order valence-electron chi connectivity index (χ0n) is 52.6. The molecule has 0 aliphatic carbocycles. The van der Waals surface area contributed by atoms with Gasteiger partial charge in [-0.25, -0.2) is 0 Å². The monoisotopic (exact) mass is 1230 g/mol. The molecule has 87 heavy (non-hydrogen) atoms. The molecule has 0 aromatic heterocycles. The molecule has 11 atom stereocenters. The molecular formula is C60H102N14O13. The van der Waals surface area contributed by atoms with Crippen molar-refractivity contribution in [3.05, 3.63) is 35.9 Å². The first-order chi connectivity index (χ1) is 41.0. The van der Waals surface area contributed by atoms with Gasteiger partial charge in [0.2, 0.25) is 59.1 Å². The summed E-state index contributed by atoms with van der Waals surface area (Å²) in [6, 6.07) is -3.03. The molecular weight excluding hydrogens is 1120 g/mol. The Hall–Kier alpha value is -7.42. The van der Waals surface area contributed by atoms with Crippen molar-refractivity contribution in [3.8, 4) is 0 Å². The minimum atomic E-state index is -1.82. The first-order valence-corrected chi connectivity index (χ1v) is 30.7. The van der Waals surface area contributed by atoms with Crippen LogP contribution in [0.4, 0.5) is 0 Å². The number of aliphatic hydroxyl groups excluding tert-OH is 1. The summed E-state index contributed by atoms with van der Waals surface area (Å²) in [5, 5.41) is 39.7. The van der Waals surface area contributed by atoms with Gasteiger partial charge in [0.15, 0.2) is 5.96 Å². The van der Waals surface area contributed by atoms with E-state index in [-0.39, 0.29) is 94.7 Å². The van der Waals surface area contributed by atoms with E-state index in [1.165, 1.54) is 14.0 Å². The number of benzene rings is 1. The molecule has 0 bridgehead atoms. The van der Waals surface area contributed by atoms with Crippen molar-refractivity contribution in [1.82, 2.24) is 47.0 Å². The van der Waals surface area contributed by atoms with Crippen molar-refractivity contribution >= 4 is 71.0 Å². The third-order valence-electron chi connectivity index (χ3n) is 15.2. The number of guanidine groups is 1. The van der Waals surface area contributed by atoms with Crippen LogP contribution in [0.25, 0.3) is 0 Å². The highest BCUT2D eigenvalue weighted by atomic mass is 16.4. The fourth-order valence-corrected chi connectivity index (χ4v) is 10.1. The molecule has 1 fully saturated rings. The molecule has 1 aliphatic heterocycles. The molecule has 27 heteroatoms. The molecule has 490 valence electrons. The number of likely N-dealkylation sites (N-methyl/N-ethyl adjacent to an activating group) is 1. The maximum Gasteiger partial charge on any atom is 0.305 e. The van der Waals surface area contributed by atoms with Gasteiger partial charge in [-0.1, -0.05) is 111 Å². The van der Waals surface area contributed by atoms with Crippen LogP contribution in [0.5, 0.6) is 0 Å². The number of nitrogens with two attached hydrogens (primary N) is 4. The third-order valence-corrected chi connectivity index (χ3v) is 15.2. The van der Waals surface area contributed by atoms with E-state index in [4.69, 9.17) is 22.9 Å². The molecule has 0 unspecified atom stereocenters. The number of unbranched alkanes of at least 4 members (excludes halogenated alkanes) is 5. The number of aliphatic carboxylic acids is 1. The standard InChI is InChI=1S/C60H102N14O13/c1-10-12-13-14-18-26-48(76)66-38(8)52(80)69-43(31-39-22-16-15-17-23-39)55(83)67-41(24-19-20-27-61)53(81)71-45(29-35(3)4)58(86)74-34-40(75)32-47(74)59(87)73(9)46(30-36(5)6)57(85)70-44(33-49(77)78)56(84)68-42(25-21-28-65-60(63)64)54(82)72-50(51(62)79)37(7)11-2/h15-17,22-23,35-38,40-47,50,75H,10-14,18-21,24-34,61H2,1-9H3,(H2,62,79)(H,66,76)(H,67,83)(H,68,84)(H,69,80)(H,70,85)(H,71,81)(H,72,82)(H,77,78)(H4,63,64,65)/t37-,38-,40+,41-,42-,43-,44-,45-,46-,47-,50-/m0/s1. The SMILES string of the molecule is CCCCCCCC(=O)N[C@@H](C)C(=O)N[C@@H](Cc1ccccc1)C(=O)N[C@@H](CCCCN)C(=O)N[C@@H](CC(C)C)C(=O)N1C[C@H](O)C[C@H]1C(=O)N(C)[C@@H](CC(C)C)C(=O)N[C@@H](CC(=O)O)C(=O)N[C@@H](CCCN=C(N)N)C(=O)N[C@H](C(N)=O)[C@@H](C)CC. The van der Waals surface area contributed by atoms with E-state index in [0.717, 1.165) is 35.5 Å². The largest absolute Gasteiger partial charge is 0.481 e. The van der Waals surface area contributed by atoms with E-state index in [2.05, 4.69) is 49.1 Å². The Kier molecular flexibility index (Phi) is 34.3. The van der Waals surface area contributed by atoms with Gasteiger partial charge in [-0.05, 0) is 88.2 Å². The average Bonchev–Trinajstić information content (AvgIpc) is 2.60.